The summed E-state index contributed by atoms with van der Waals surface area (Å²) >= 11 is 0. The number of nitrogens with zero attached hydrogens (tertiary/aromatic N) is 8. The monoisotopic (exact) mass is 679 g/mol. The molecule has 7 rings (SSSR count). The second-order valence-corrected chi connectivity index (χ2v) is 17.4. The number of hydrogen-bond acceptors (Lipinski definition) is 4. The van der Waals surface area contributed by atoms with Crippen molar-refractivity contribution in [2.75, 3.05) is 0 Å². The Balaban J connectivity index is 0.000000180. The van der Waals surface area contributed by atoms with Gasteiger partial charge in [-0.05, 0) is 154 Å². The Morgan fingerprint density at radius 3 is 0.911 bits per heavy atom. The zero-order valence-electron chi connectivity index (χ0n) is 27.9. The fourth-order valence-electron chi connectivity index (χ4n) is 8.54. The van der Waals surface area contributed by atoms with Crippen molar-refractivity contribution in [2.45, 2.75) is 141 Å². The molecular formula is C34H54BCuN8P+. The summed E-state index contributed by atoms with van der Waals surface area (Å²) in [6, 6.07) is 7.89. The first-order valence-electron chi connectivity index (χ1n) is 17.6. The van der Waals surface area contributed by atoms with Crippen LogP contribution >= 0.6 is 7.92 Å². The second-order valence-electron chi connectivity index (χ2n) is 13.9. The van der Waals surface area contributed by atoms with Crippen LogP contribution in [0.4, 0.5) is 0 Å². The van der Waals surface area contributed by atoms with Gasteiger partial charge in [-0.25, -0.2) is 20.4 Å². The van der Waals surface area contributed by atoms with E-state index >= 15 is 0 Å². The van der Waals surface area contributed by atoms with Gasteiger partial charge in [-0.2, -0.15) is 0 Å². The van der Waals surface area contributed by atoms with E-state index in [1.54, 1.807) is 96.3 Å². The van der Waals surface area contributed by atoms with Crippen LogP contribution < -0.4 is 0 Å². The minimum Gasteiger partial charge on any atom is -0.379 e. The van der Waals surface area contributed by atoms with E-state index in [0.717, 1.165) is 22.8 Å². The average molecular weight is 680 g/mol. The molecule has 0 N–H and O–H groups in total. The molecule has 8 nitrogen and oxygen atoms in total. The minimum atomic E-state index is -1.91. The van der Waals surface area contributed by atoms with Crippen LogP contribution in [0, 0.1) is 27.7 Å². The van der Waals surface area contributed by atoms with E-state index in [9.17, 15) is 0 Å². The maximum absolute atomic E-state index is 4.70. The van der Waals surface area contributed by atoms with Gasteiger partial charge in [0.2, 0.25) is 0 Å². The molecule has 0 amide bonds. The number of aryl methyl sites for hydroxylation is 4. The fraction of sp³-hybridized carbons (Fsp3) is 0.647. The van der Waals surface area contributed by atoms with Crippen LogP contribution in [0.3, 0.4) is 0 Å². The van der Waals surface area contributed by atoms with Crippen LogP contribution in [0.1, 0.15) is 119 Å². The summed E-state index contributed by atoms with van der Waals surface area (Å²) in [6.07, 6.45) is 31.6. The zero-order valence-corrected chi connectivity index (χ0v) is 29.9. The van der Waals surface area contributed by atoms with Crippen molar-refractivity contribution in [1.82, 2.24) is 38.8 Å². The molecule has 0 unspecified atom stereocenters. The van der Waals surface area contributed by atoms with Gasteiger partial charge in [-0.15, -0.1) is 0 Å². The van der Waals surface area contributed by atoms with Crippen LogP contribution in [-0.4, -0.2) is 62.4 Å². The predicted molar refractivity (Wildman–Crippen MR) is 184 cm³/mol. The summed E-state index contributed by atoms with van der Waals surface area (Å²) < 4.78 is 7.56. The van der Waals surface area contributed by atoms with E-state index in [2.05, 4.69) is 0 Å². The van der Waals surface area contributed by atoms with Crippen LogP contribution in [0.5, 0.6) is 0 Å². The summed E-state index contributed by atoms with van der Waals surface area (Å²) in [5.41, 5.74) is 7.36. The van der Waals surface area contributed by atoms with E-state index in [1.807, 2.05) is 95.1 Å². The maximum Gasteiger partial charge on any atom is 1.00 e. The Labute approximate surface area is 282 Å². The molecule has 3 fully saturated rings. The minimum absolute atomic E-state index is 0. The smallest absolute Gasteiger partial charge is 0.379 e. The molecule has 3 aliphatic rings. The molecular weight excluding hydrogens is 626 g/mol. The molecule has 0 spiro atoms. The Hall–Kier alpha value is -2.15. The largest absolute Gasteiger partial charge is 1.00 e. The van der Waals surface area contributed by atoms with E-state index in [-0.39, 0.29) is 25.0 Å². The Kier molecular flexibility index (Phi) is 11.9. The SMILES string of the molecule is C1CCC([PH+](C2CCCCC2)C2CCCCC2)CC1.Cc1ccn([B-](n2ccc(C)n2)(n2ccc(C)n2)n2ccc(C)n2)n1.[Cu+]. The van der Waals surface area contributed by atoms with Crippen molar-refractivity contribution in [1.29, 1.82) is 0 Å². The van der Waals surface area contributed by atoms with Crippen molar-refractivity contribution in [3.63, 3.8) is 0 Å². The van der Waals surface area contributed by atoms with Gasteiger partial charge >= 0.3 is 23.8 Å². The molecule has 3 saturated carbocycles. The first-order chi connectivity index (χ1) is 21.4. The average Bonchev–Trinajstić information content (AvgIpc) is 3.87. The van der Waals surface area contributed by atoms with Gasteiger partial charge < -0.3 is 18.4 Å². The molecule has 4 aromatic heterocycles. The van der Waals surface area contributed by atoms with Gasteiger partial charge in [0.1, 0.15) is 0 Å². The van der Waals surface area contributed by atoms with Crippen molar-refractivity contribution in [3.8, 4) is 0 Å². The fourth-order valence-corrected chi connectivity index (χ4v) is 13.8. The molecule has 4 aromatic rings. The molecule has 0 aliphatic heterocycles. The van der Waals surface area contributed by atoms with Crippen LogP contribution in [0.25, 0.3) is 0 Å². The predicted octanol–water partition coefficient (Wildman–Crippen LogP) is 7.83. The summed E-state index contributed by atoms with van der Waals surface area (Å²) in [4.78, 5) is 0. The maximum atomic E-state index is 4.70. The third-order valence-corrected chi connectivity index (χ3v) is 15.2. The van der Waals surface area contributed by atoms with E-state index in [1.165, 1.54) is 17.0 Å². The van der Waals surface area contributed by atoms with Gasteiger partial charge in [-0.3, -0.25) is 0 Å². The van der Waals surface area contributed by atoms with Gasteiger partial charge in [0.15, 0.2) is 0 Å². The van der Waals surface area contributed by atoms with Crippen LogP contribution in [-0.2, 0) is 17.1 Å². The molecule has 45 heavy (non-hydrogen) atoms. The summed E-state index contributed by atoms with van der Waals surface area (Å²) in [5.74, 6) is 0. The van der Waals surface area contributed by atoms with Crippen molar-refractivity contribution >= 4 is 14.6 Å². The number of hydrogen-bond donors (Lipinski definition) is 0. The van der Waals surface area contributed by atoms with Gasteiger partial charge in [0.25, 0.3) is 0 Å². The molecule has 0 atom stereocenters. The first-order valence-corrected chi connectivity index (χ1v) is 19.3. The van der Waals surface area contributed by atoms with E-state index in [0.29, 0.717) is 0 Å². The Morgan fingerprint density at radius 1 is 0.467 bits per heavy atom. The normalized spacial score (nSPS) is 18.9. The second kappa shape index (κ2) is 15.6. The van der Waals surface area contributed by atoms with Crippen LogP contribution in [0.2, 0.25) is 0 Å². The summed E-state index contributed by atoms with van der Waals surface area (Å²) in [7, 11) is -0.0465. The first kappa shape index (κ1) is 34.2. The third kappa shape index (κ3) is 7.55. The number of rotatable bonds is 7. The summed E-state index contributed by atoms with van der Waals surface area (Å²) in [5, 5.41) is 18.8. The molecule has 3 aliphatic carbocycles. The third-order valence-electron chi connectivity index (χ3n) is 10.6. The van der Waals surface area contributed by atoms with Gasteiger partial charge in [0.05, 0.1) is 39.8 Å². The van der Waals surface area contributed by atoms with Crippen molar-refractivity contribution in [3.05, 3.63) is 71.8 Å². The van der Waals surface area contributed by atoms with Crippen molar-refractivity contribution in [2.24, 2.45) is 0 Å². The quantitative estimate of drug-likeness (QED) is 0.148. The standard InChI is InChI=1S/C18H33P.C16H20BN8.Cu/c1-4-10-16(11-5-1)19(17-12-6-2-7-13-17)18-14-8-3-9-15-18;1-13-5-9-22(18-13)17(23-10-6-14(2)19-23,24-11-7-15(3)20-24)25-12-8-16(4)21-25;/h16-18H,1-15H2;5-12H,1-4H3;/q;-1;+1/p+1. The molecule has 0 saturated heterocycles. The molecule has 0 aromatic carbocycles. The molecule has 0 bridgehead atoms. The Morgan fingerprint density at radius 2 is 0.711 bits per heavy atom. The molecule has 248 valence electrons. The summed E-state index contributed by atoms with van der Waals surface area (Å²) in [6.45, 7) is 5.96. The van der Waals surface area contributed by atoms with E-state index in [4.69, 9.17) is 20.4 Å². The molecule has 4 heterocycles. The topological polar surface area (TPSA) is 71.3 Å². The number of aromatic nitrogens is 8. The van der Waals surface area contributed by atoms with Crippen molar-refractivity contribution < 1.29 is 17.1 Å². The molecule has 0 radical (unpaired) electrons. The van der Waals surface area contributed by atoms with E-state index < -0.39 is 6.69 Å². The van der Waals surface area contributed by atoms with Gasteiger partial charge in [0, 0.05) is 7.92 Å². The zero-order chi connectivity index (χ0) is 30.5. The Bertz CT molecular complexity index is 1250. The molecule has 11 heteroatoms. The van der Waals surface area contributed by atoms with Crippen LogP contribution in [0.15, 0.2) is 49.1 Å². The van der Waals surface area contributed by atoms with Gasteiger partial charge in [-0.1, -0.05) is 19.3 Å².